The summed E-state index contributed by atoms with van der Waals surface area (Å²) in [5.74, 6) is 0.495. The number of carbonyl (C=O) groups excluding carboxylic acids is 1. The fourth-order valence-corrected chi connectivity index (χ4v) is 3.10. The predicted octanol–water partition coefficient (Wildman–Crippen LogP) is 3.40. The molecular formula is C17H26ClN3O. The average molecular weight is 324 g/mol. The van der Waals surface area contributed by atoms with Crippen LogP contribution >= 0.6 is 11.6 Å². The summed E-state index contributed by atoms with van der Waals surface area (Å²) in [5, 5.41) is 6.85. The number of nitrogens with one attached hydrogen (secondary N) is 2. The van der Waals surface area contributed by atoms with Crippen LogP contribution in [0.15, 0.2) is 24.3 Å². The molecule has 1 fully saturated rings. The van der Waals surface area contributed by atoms with Gasteiger partial charge in [0.1, 0.15) is 0 Å². The van der Waals surface area contributed by atoms with E-state index < -0.39 is 0 Å². The Morgan fingerprint density at radius 1 is 1.41 bits per heavy atom. The molecule has 0 bridgehead atoms. The van der Waals surface area contributed by atoms with Gasteiger partial charge in [0, 0.05) is 16.6 Å². The fourth-order valence-electron chi connectivity index (χ4n) is 2.90. The Labute approximate surface area is 137 Å². The maximum Gasteiger partial charge on any atom is 0.315 e. The Balaban J connectivity index is 1.74. The summed E-state index contributed by atoms with van der Waals surface area (Å²) < 4.78 is 0. The standard InChI is InChI=1S/C17H26ClN3O/c1-17(2,7-4-8-19)21-16(22)20-15-10-13(11-15)12-5-3-6-14(18)9-12/h3,5-6,9,13,15H,4,7-8,10-11,19H2,1-2H3,(H2,20,21,22). The van der Waals surface area contributed by atoms with Gasteiger partial charge in [-0.1, -0.05) is 23.7 Å². The molecule has 0 aromatic heterocycles. The maximum atomic E-state index is 12.0. The Morgan fingerprint density at radius 3 is 2.77 bits per heavy atom. The first-order valence-electron chi connectivity index (χ1n) is 7.94. The third-order valence-corrected chi connectivity index (χ3v) is 4.49. The van der Waals surface area contributed by atoms with Crippen LogP contribution in [0.5, 0.6) is 0 Å². The molecule has 5 heteroatoms. The molecule has 2 rings (SSSR count). The predicted molar refractivity (Wildman–Crippen MR) is 91.2 cm³/mol. The quantitative estimate of drug-likeness (QED) is 0.751. The molecule has 22 heavy (non-hydrogen) atoms. The van der Waals surface area contributed by atoms with Crippen molar-refractivity contribution in [1.29, 1.82) is 0 Å². The van der Waals surface area contributed by atoms with Crippen LogP contribution in [0.1, 0.15) is 51.0 Å². The summed E-state index contributed by atoms with van der Waals surface area (Å²) in [7, 11) is 0. The molecule has 0 saturated heterocycles. The van der Waals surface area contributed by atoms with E-state index in [1.807, 2.05) is 32.0 Å². The summed E-state index contributed by atoms with van der Waals surface area (Å²) in [6.45, 7) is 4.70. The first kappa shape index (κ1) is 17.1. The van der Waals surface area contributed by atoms with Gasteiger partial charge < -0.3 is 16.4 Å². The lowest BCUT2D eigenvalue weighted by Gasteiger charge is -2.37. The highest BCUT2D eigenvalue weighted by Gasteiger charge is 2.32. The van der Waals surface area contributed by atoms with Gasteiger partial charge in [-0.25, -0.2) is 4.79 Å². The summed E-state index contributed by atoms with van der Waals surface area (Å²) >= 11 is 6.02. The van der Waals surface area contributed by atoms with Gasteiger partial charge in [-0.15, -0.1) is 0 Å². The summed E-state index contributed by atoms with van der Waals surface area (Å²) in [5.41, 5.74) is 6.56. The van der Waals surface area contributed by atoms with Crippen LogP contribution in [-0.4, -0.2) is 24.2 Å². The van der Waals surface area contributed by atoms with Crippen molar-refractivity contribution >= 4 is 17.6 Å². The van der Waals surface area contributed by atoms with Crippen LogP contribution in [-0.2, 0) is 0 Å². The molecule has 4 nitrogen and oxygen atoms in total. The number of hydrogen-bond donors (Lipinski definition) is 3. The van der Waals surface area contributed by atoms with Crippen molar-refractivity contribution in [3.8, 4) is 0 Å². The molecule has 1 aromatic carbocycles. The van der Waals surface area contributed by atoms with E-state index >= 15 is 0 Å². The third-order valence-electron chi connectivity index (χ3n) is 4.25. The van der Waals surface area contributed by atoms with E-state index in [4.69, 9.17) is 17.3 Å². The van der Waals surface area contributed by atoms with Gasteiger partial charge >= 0.3 is 6.03 Å². The Bertz CT molecular complexity index is 512. The van der Waals surface area contributed by atoms with Crippen molar-refractivity contribution < 1.29 is 4.79 Å². The van der Waals surface area contributed by atoms with Crippen molar-refractivity contribution in [3.63, 3.8) is 0 Å². The Kier molecular flexibility index (Phi) is 5.70. The number of carbonyl (C=O) groups is 1. The molecule has 1 aliphatic carbocycles. The van der Waals surface area contributed by atoms with Crippen molar-refractivity contribution in [1.82, 2.24) is 10.6 Å². The number of benzene rings is 1. The topological polar surface area (TPSA) is 67.1 Å². The van der Waals surface area contributed by atoms with E-state index in [0.717, 1.165) is 30.7 Å². The van der Waals surface area contributed by atoms with Gasteiger partial charge in [0.05, 0.1) is 0 Å². The lowest BCUT2D eigenvalue weighted by atomic mass is 9.76. The molecule has 0 aliphatic heterocycles. The van der Waals surface area contributed by atoms with Crippen LogP contribution in [0.3, 0.4) is 0 Å². The third kappa shape index (κ3) is 4.89. The summed E-state index contributed by atoms with van der Waals surface area (Å²) in [4.78, 5) is 12.0. The molecule has 1 aliphatic rings. The fraction of sp³-hybridized carbons (Fsp3) is 0.588. The molecule has 0 atom stereocenters. The zero-order valence-corrected chi connectivity index (χ0v) is 14.1. The van der Waals surface area contributed by atoms with Gasteiger partial charge in [-0.3, -0.25) is 0 Å². The zero-order valence-electron chi connectivity index (χ0n) is 13.4. The summed E-state index contributed by atoms with van der Waals surface area (Å²) in [6.07, 6.45) is 3.73. The second-order valence-corrected chi connectivity index (χ2v) is 7.23. The van der Waals surface area contributed by atoms with Gasteiger partial charge in [-0.2, -0.15) is 0 Å². The van der Waals surface area contributed by atoms with Crippen molar-refractivity contribution in [2.45, 2.75) is 57.0 Å². The number of halogens is 1. The lowest BCUT2D eigenvalue weighted by molar-refractivity contribution is 0.210. The minimum atomic E-state index is -0.223. The molecule has 1 aromatic rings. The van der Waals surface area contributed by atoms with Gasteiger partial charge in [0.15, 0.2) is 0 Å². The largest absolute Gasteiger partial charge is 0.335 e. The van der Waals surface area contributed by atoms with Crippen molar-refractivity contribution in [3.05, 3.63) is 34.9 Å². The van der Waals surface area contributed by atoms with E-state index in [-0.39, 0.29) is 17.6 Å². The molecular weight excluding hydrogens is 298 g/mol. The highest BCUT2D eigenvalue weighted by Crippen LogP contribution is 2.37. The molecule has 1 saturated carbocycles. The highest BCUT2D eigenvalue weighted by molar-refractivity contribution is 6.30. The van der Waals surface area contributed by atoms with Crippen molar-refractivity contribution in [2.75, 3.05) is 6.54 Å². The molecule has 0 spiro atoms. The number of rotatable bonds is 6. The van der Waals surface area contributed by atoms with E-state index in [2.05, 4.69) is 16.7 Å². The summed E-state index contributed by atoms with van der Waals surface area (Å²) in [6, 6.07) is 8.13. The van der Waals surface area contributed by atoms with Crippen LogP contribution in [0.25, 0.3) is 0 Å². The van der Waals surface area contributed by atoms with Crippen LogP contribution in [0, 0.1) is 0 Å². The zero-order chi connectivity index (χ0) is 16.2. The van der Waals surface area contributed by atoms with E-state index in [9.17, 15) is 4.79 Å². The lowest BCUT2D eigenvalue weighted by Crippen LogP contribution is -2.53. The number of nitrogens with two attached hydrogens (primary N) is 1. The van der Waals surface area contributed by atoms with E-state index in [0.29, 0.717) is 12.5 Å². The second kappa shape index (κ2) is 7.34. The second-order valence-electron chi connectivity index (χ2n) is 6.79. The Morgan fingerprint density at radius 2 is 2.14 bits per heavy atom. The molecule has 4 N–H and O–H groups in total. The van der Waals surface area contributed by atoms with Crippen molar-refractivity contribution in [2.24, 2.45) is 5.73 Å². The van der Waals surface area contributed by atoms with Gasteiger partial charge in [0.2, 0.25) is 0 Å². The SMILES string of the molecule is CC(C)(CCCN)NC(=O)NC1CC(c2cccc(Cl)c2)C1. The molecule has 122 valence electrons. The monoisotopic (exact) mass is 323 g/mol. The minimum Gasteiger partial charge on any atom is -0.335 e. The highest BCUT2D eigenvalue weighted by atomic mass is 35.5. The minimum absolute atomic E-state index is 0.0865. The number of amides is 2. The number of hydrogen-bond acceptors (Lipinski definition) is 2. The van der Waals surface area contributed by atoms with Gasteiger partial charge in [-0.05, 0) is 69.7 Å². The first-order chi connectivity index (χ1) is 10.4. The molecule has 0 radical (unpaired) electrons. The number of urea groups is 1. The molecule has 0 unspecified atom stereocenters. The normalized spacial score (nSPS) is 21.1. The first-order valence-corrected chi connectivity index (χ1v) is 8.31. The smallest absolute Gasteiger partial charge is 0.315 e. The van der Waals surface area contributed by atoms with E-state index in [1.165, 1.54) is 5.56 Å². The van der Waals surface area contributed by atoms with Gasteiger partial charge in [0.25, 0.3) is 0 Å². The molecule has 0 heterocycles. The maximum absolute atomic E-state index is 12.0. The van der Waals surface area contributed by atoms with Crippen LogP contribution in [0.4, 0.5) is 4.79 Å². The van der Waals surface area contributed by atoms with E-state index in [1.54, 1.807) is 0 Å². The average Bonchev–Trinajstić information content (AvgIpc) is 2.39. The Hall–Kier alpha value is -1.26. The molecule has 2 amide bonds. The van der Waals surface area contributed by atoms with Crippen LogP contribution in [0.2, 0.25) is 5.02 Å². The van der Waals surface area contributed by atoms with Crippen LogP contribution < -0.4 is 16.4 Å².